The van der Waals surface area contributed by atoms with E-state index < -0.39 is 0 Å². The third-order valence-electron chi connectivity index (χ3n) is 3.69. The molecular weight excluding hydrogens is 285 g/mol. The number of hydrogen-bond acceptors (Lipinski definition) is 3. The van der Waals surface area contributed by atoms with E-state index in [0.29, 0.717) is 31.6 Å². The van der Waals surface area contributed by atoms with Gasteiger partial charge >= 0.3 is 6.03 Å². The van der Waals surface area contributed by atoms with E-state index in [4.69, 9.17) is 0 Å². The summed E-state index contributed by atoms with van der Waals surface area (Å²) in [6.07, 6.45) is 1.05. The molecule has 0 aromatic heterocycles. The molecule has 1 aliphatic heterocycles. The van der Waals surface area contributed by atoms with Crippen molar-refractivity contribution in [3.63, 3.8) is 0 Å². The van der Waals surface area contributed by atoms with Gasteiger partial charge in [0.1, 0.15) is 5.82 Å². The molecule has 0 aliphatic carbocycles. The maximum absolute atomic E-state index is 14.2. The highest BCUT2D eigenvalue weighted by atomic mass is 19.1. The molecule has 22 heavy (non-hydrogen) atoms. The minimum Gasteiger partial charge on any atom is -0.393 e. The number of aliphatic hydroxyl groups excluding tert-OH is 1. The van der Waals surface area contributed by atoms with E-state index in [1.54, 1.807) is 6.07 Å². The van der Waals surface area contributed by atoms with Crippen molar-refractivity contribution in [3.8, 4) is 0 Å². The lowest BCUT2D eigenvalue weighted by atomic mass is 10.1. The lowest BCUT2D eigenvalue weighted by Gasteiger charge is -2.31. The normalized spacial score (nSPS) is 16.0. The summed E-state index contributed by atoms with van der Waals surface area (Å²) in [6.45, 7) is 5.36. The van der Waals surface area contributed by atoms with E-state index in [-0.39, 0.29) is 30.5 Å². The van der Waals surface area contributed by atoms with Crippen molar-refractivity contribution < 1.29 is 14.3 Å². The number of amides is 2. The maximum atomic E-state index is 14.2. The lowest BCUT2D eigenvalue weighted by molar-refractivity contribution is 0.145. The first kappa shape index (κ1) is 16.5. The number of nitrogens with one attached hydrogen (secondary N) is 2. The predicted octanol–water partition coefficient (Wildman–Crippen LogP) is 1.99. The van der Waals surface area contributed by atoms with Gasteiger partial charge in [-0.25, -0.2) is 9.18 Å². The Morgan fingerprint density at radius 1 is 1.41 bits per heavy atom. The smallest absolute Gasteiger partial charge is 0.315 e. The van der Waals surface area contributed by atoms with Crippen LogP contribution in [0.4, 0.5) is 14.9 Å². The number of benzene rings is 1. The van der Waals surface area contributed by atoms with E-state index in [2.05, 4.69) is 10.6 Å². The minimum atomic E-state index is -0.292. The van der Waals surface area contributed by atoms with Crippen LogP contribution in [0.5, 0.6) is 0 Å². The number of anilines is 1. The molecule has 2 amide bonds. The SMILES string of the molecule is CC(C)NC(=O)NCc1ccc(N2CCC(O)CC2)c(F)c1. The van der Waals surface area contributed by atoms with E-state index in [0.717, 1.165) is 5.56 Å². The fourth-order valence-electron chi connectivity index (χ4n) is 2.52. The van der Waals surface area contributed by atoms with Crippen molar-refractivity contribution in [1.82, 2.24) is 10.6 Å². The molecule has 1 aromatic carbocycles. The standard InChI is InChI=1S/C16H24FN3O2/c1-11(2)19-16(22)18-10-12-3-4-15(14(17)9-12)20-7-5-13(21)6-8-20/h3-4,9,11,13,21H,5-8,10H2,1-2H3,(H2,18,19,22). The number of piperidine rings is 1. The number of halogens is 1. The van der Waals surface area contributed by atoms with Gasteiger partial charge in [0.15, 0.2) is 0 Å². The van der Waals surface area contributed by atoms with Gasteiger partial charge in [-0.15, -0.1) is 0 Å². The Labute approximate surface area is 130 Å². The van der Waals surface area contributed by atoms with Crippen LogP contribution in [0.2, 0.25) is 0 Å². The van der Waals surface area contributed by atoms with Crippen LogP contribution in [0.25, 0.3) is 0 Å². The first-order valence-corrected chi connectivity index (χ1v) is 7.71. The zero-order valence-corrected chi connectivity index (χ0v) is 13.1. The fourth-order valence-corrected chi connectivity index (χ4v) is 2.52. The molecule has 122 valence electrons. The number of rotatable bonds is 4. The molecule has 0 unspecified atom stereocenters. The van der Waals surface area contributed by atoms with Crippen molar-refractivity contribution >= 4 is 11.7 Å². The van der Waals surface area contributed by atoms with Gasteiger partial charge in [0.25, 0.3) is 0 Å². The van der Waals surface area contributed by atoms with Gasteiger partial charge in [0.05, 0.1) is 11.8 Å². The van der Waals surface area contributed by atoms with E-state index >= 15 is 0 Å². The summed E-state index contributed by atoms with van der Waals surface area (Å²) in [5.74, 6) is -0.292. The summed E-state index contributed by atoms with van der Waals surface area (Å²) < 4.78 is 14.2. The first-order valence-electron chi connectivity index (χ1n) is 7.71. The summed E-state index contributed by atoms with van der Waals surface area (Å²) in [5.41, 5.74) is 1.28. The number of nitrogens with zero attached hydrogens (tertiary/aromatic N) is 1. The summed E-state index contributed by atoms with van der Waals surface area (Å²) in [4.78, 5) is 13.5. The highest BCUT2D eigenvalue weighted by Crippen LogP contribution is 2.24. The first-order chi connectivity index (χ1) is 10.5. The molecule has 1 saturated heterocycles. The molecule has 0 radical (unpaired) electrons. The Balaban J connectivity index is 1.93. The second kappa shape index (κ2) is 7.45. The topological polar surface area (TPSA) is 64.6 Å². The third-order valence-corrected chi connectivity index (χ3v) is 3.69. The quantitative estimate of drug-likeness (QED) is 0.797. The van der Waals surface area contributed by atoms with Gasteiger partial charge in [-0.2, -0.15) is 0 Å². The number of urea groups is 1. The van der Waals surface area contributed by atoms with Gasteiger partial charge in [-0.3, -0.25) is 0 Å². The molecule has 0 bridgehead atoms. The third kappa shape index (κ3) is 4.59. The number of carbonyl (C=O) groups is 1. The Kier molecular flexibility index (Phi) is 5.60. The molecule has 1 heterocycles. The molecular formula is C16H24FN3O2. The van der Waals surface area contributed by atoms with Crippen LogP contribution in [0.15, 0.2) is 18.2 Å². The Morgan fingerprint density at radius 3 is 2.68 bits per heavy atom. The van der Waals surface area contributed by atoms with Gasteiger partial charge in [0, 0.05) is 25.7 Å². The largest absolute Gasteiger partial charge is 0.393 e. The predicted molar refractivity (Wildman–Crippen MR) is 84.4 cm³/mol. The summed E-state index contributed by atoms with van der Waals surface area (Å²) in [7, 11) is 0. The van der Waals surface area contributed by atoms with Crippen molar-refractivity contribution in [2.45, 2.75) is 45.4 Å². The number of hydrogen-bond donors (Lipinski definition) is 3. The van der Waals surface area contributed by atoms with Gasteiger partial charge in [0.2, 0.25) is 0 Å². The molecule has 1 fully saturated rings. The van der Waals surface area contributed by atoms with Crippen molar-refractivity contribution in [1.29, 1.82) is 0 Å². The Hall–Kier alpha value is -1.82. The average Bonchev–Trinajstić information content (AvgIpc) is 2.46. The summed E-state index contributed by atoms with van der Waals surface area (Å²) in [6, 6.07) is 4.82. The monoisotopic (exact) mass is 309 g/mol. The molecule has 0 saturated carbocycles. The summed E-state index contributed by atoms with van der Waals surface area (Å²) >= 11 is 0. The lowest BCUT2D eigenvalue weighted by Crippen LogP contribution is -2.39. The fraction of sp³-hybridized carbons (Fsp3) is 0.562. The van der Waals surface area contributed by atoms with Crippen LogP contribution in [0.1, 0.15) is 32.3 Å². The van der Waals surface area contributed by atoms with Crippen molar-refractivity contribution in [3.05, 3.63) is 29.6 Å². The van der Waals surface area contributed by atoms with E-state index in [9.17, 15) is 14.3 Å². The Morgan fingerprint density at radius 2 is 2.09 bits per heavy atom. The van der Waals surface area contributed by atoms with E-state index in [1.807, 2.05) is 24.8 Å². The van der Waals surface area contributed by atoms with Gasteiger partial charge in [-0.1, -0.05) is 6.07 Å². The van der Waals surface area contributed by atoms with Crippen LogP contribution >= 0.6 is 0 Å². The zero-order chi connectivity index (χ0) is 16.1. The minimum absolute atomic E-state index is 0.0635. The van der Waals surface area contributed by atoms with Gasteiger partial charge in [-0.05, 0) is 44.4 Å². The maximum Gasteiger partial charge on any atom is 0.315 e. The molecule has 1 aromatic rings. The van der Waals surface area contributed by atoms with Crippen LogP contribution in [-0.4, -0.2) is 36.4 Å². The molecule has 0 spiro atoms. The molecule has 3 N–H and O–H groups in total. The van der Waals surface area contributed by atoms with Gasteiger partial charge < -0.3 is 20.6 Å². The number of carbonyl (C=O) groups excluding carboxylic acids is 1. The molecule has 6 heteroatoms. The van der Waals surface area contributed by atoms with Crippen molar-refractivity contribution in [2.75, 3.05) is 18.0 Å². The highest BCUT2D eigenvalue weighted by Gasteiger charge is 2.19. The average molecular weight is 309 g/mol. The highest BCUT2D eigenvalue weighted by molar-refractivity contribution is 5.74. The zero-order valence-electron chi connectivity index (χ0n) is 13.1. The second-order valence-corrected chi connectivity index (χ2v) is 5.99. The second-order valence-electron chi connectivity index (χ2n) is 5.99. The molecule has 5 nitrogen and oxygen atoms in total. The van der Waals surface area contributed by atoms with E-state index in [1.165, 1.54) is 6.07 Å². The summed E-state index contributed by atoms with van der Waals surface area (Å²) in [5, 5.41) is 14.9. The van der Waals surface area contributed by atoms with Crippen LogP contribution in [0.3, 0.4) is 0 Å². The van der Waals surface area contributed by atoms with Crippen LogP contribution < -0.4 is 15.5 Å². The molecule has 2 rings (SSSR count). The molecule has 0 atom stereocenters. The van der Waals surface area contributed by atoms with Crippen LogP contribution in [-0.2, 0) is 6.54 Å². The molecule has 1 aliphatic rings. The Bertz CT molecular complexity index is 514. The number of aliphatic hydroxyl groups is 1. The van der Waals surface area contributed by atoms with Crippen molar-refractivity contribution in [2.24, 2.45) is 0 Å². The van der Waals surface area contributed by atoms with Crippen LogP contribution in [0, 0.1) is 5.82 Å².